The lowest BCUT2D eigenvalue weighted by Crippen LogP contribution is -2.43. The van der Waals surface area contributed by atoms with Crippen LogP contribution in [-0.4, -0.2) is 23.2 Å². The standard InChI is InChI=1S/C17H12F5NO4/c18-11-9(12(19)14(21)15(22)13(11)20)6-10(16(24)25)23-17(26)27-7-8-4-2-1-3-5-8/h1-5,10H,6-7H2,(H,23,26)(H,24,25)/t10-/m1/s1. The Morgan fingerprint density at radius 2 is 1.44 bits per heavy atom. The number of rotatable bonds is 6. The Bertz CT molecular complexity index is 831. The number of amides is 1. The van der Waals surface area contributed by atoms with E-state index < -0.39 is 59.2 Å². The van der Waals surface area contributed by atoms with Gasteiger partial charge in [-0.15, -0.1) is 0 Å². The summed E-state index contributed by atoms with van der Waals surface area (Å²) >= 11 is 0. The number of hydrogen-bond acceptors (Lipinski definition) is 3. The predicted molar refractivity (Wildman–Crippen MR) is 81.1 cm³/mol. The van der Waals surface area contributed by atoms with Crippen molar-refractivity contribution < 1.29 is 41.4 Å². The second-order valence-corrected chi connectivity index (χ2v) is 5.35. The van der Waals surface area contributed by atoms with Gasteiger partial charge in [-0.3, -0.25) is 0 Å². The van der Waals surface area contributed by atoms with Gasteiger partial charge < -0.3 is 15.2 Å². The van der Waals surface area contributed by atoms with Gasteiger partial charge in [0.25, 0.3) is 0 Å². The summed E-state index contributed by atoms with van der Waals surface area (Å²) in [4.78, 5) is 22.9. The van der Waals surface area contributed by atoms with Crippen LogP contribution in [0, 0.1) is 29.1 Å². The highest BCUT2D eigenvalue weighted by molar-refractivity contribution is 5.80. The number of carbonyl (C=O) groups excluding carboxylic acids is 1. The summed E-state index contributed by atoms with van der Waals surface area (Å²) in [6.07, 6.45) is -2.42. The van der Waals surface area contributed by atoms with Crippen molar-refractivity contribution in [2.75, 3.05) is 0 Å². The summed E-state index contributed by atoms with van der Waals surface area (Å²) in [5.74, 6) is -12.9. The SMILES string of the molecule is O=C(N[C@H](Cc1c(F)c(F)c(F)c(F)c1F)C(=O)O)OCc1ccccc1. The molecule has 1 atom stereocenters. The number of carboxylic acid groups (broad SMARTS) is 1. The van der Waals surface area contributed by atoms with E-state index in [2.05, 4.69) is 0 Å². The molecule has 1 amide bonds. The van der Waals surface area contributed by atoms with Crippen molar-refractivity contribution in [3.05, 3.63) is 70.5 Å². The summed E-state index contributed by atoms with van der Waals surface area (Å²) in [5.41, 5.74) is -0.776. The number of hydrogen-bond donors (Lipinski definition) is 2. The molecule has 10 heteroatoms. The van der Waals surface area contributed by atoms with E-state index in [4.69, 9.17) is 9.84 Å². The molecule has 144 valence electrons. The highest BCUT2D eigenvalue weighted by Crippen LogP contribution is 2.24. The van der Waals surface area contributed by atoms with E-state index in [1.54, 1.807) is 30.3 Å². The van der Waals surface area contributed by atoms with Gasteiger partial charge in [-0.05, 0) is 5.56 Å². The van der Waals surface area contributed by atoms with Crippen molar-refractivity contribution in [1.29, 1.82) is 0 Å². The highest BCUT2D eigenvalue weighted by atomic mass is 19.2. The Kier molecular flexibility index (Phi) is 6.32. The minimum absolute atomic E-state index is 0.221. The maximum Gasteiger partial charge on any atom is 0.408 e. The lowest BCUT2D eigenvalue weighted by atomic mass is 10.0. The Balaban J connectivity index is 2.12. The smallest absolute Gasteiger partial charge is 0.408 e. The first-order chi connectivity index (χ1) is 12.7. The third-order valence-electron chi connectivity index (χ3n) is 3.51. The van der Waals surface area contributed by atoms with Gasteiger partial charge in [0.2, 0.25) is 5.82 Å². The van der Waals surface area contributed by atoms with Crippen molar-refractivity contribution in [1.82, 2.24) is 5.32 Å². The third-order valence-corrected chi connectivity index (χ3v) is 3.51. The van der Waals surface area contributed by atoms with E-state index in [-0.39, 0.29) is 6.61 Å². The largest absolute Gasteiger partial charge is 0.480 e. The van der Waals surface area contributed by atoms with Gasteiger partial charge in [0.05, 0.1) is 0 Å². The molecule has 2 aromatic rings. The van der Waals surface area contributed by atoms with Crippen molar-refractivity contribution >= 4 is 12.1 Å². The number of nitrogens with one attached hydrogen (secondary N) is 1. The molecule has 0 radical (unpaired) electrons. The van der Waals surface area contributed by atoms with Crippen LogP contribution in [0.5, 0.6) is 0 Å². The fraction of sp³-hybridized carbons (Fsp3) is 0.176. The summed E-state index contributed by atoms with van der Waals surface area (Å²) < 4.78 is 71.6. The molecule has 27 heavy (non-hydrogen) atoms. The summed E-state index contributed by atoms with van der Waals surface area (Å²) in [5, 5.41) is 10.9. The molecule has 2 rings (SSSR count). The fourth-order valence-electron chi connectivity index (χ4n) is 2.14. The van der Waals surface area contributed by atoms with Crippen LogP contribution in [0.1, 0.15) is 11.1 Å². The van der Waals surface area contributed by atoms with Crippen molar-refractivity contribution in [3.8, 4) is 0 Å². The minimum atomic E-state index is -2.36. The molecule has 0 saturated carbocycles. The van der Waals surface area contributed by atoms with Gasteiger partial charge in [0, 0.05) is 12.0 Å². The quantitative estimate of drug-likeness (QED) is 0.452. The van der Waals surface area contributed by atoms with Crippen LogP contribution < -0.4 is 5.32 Å². The maximum atomic E-state index is 13.7. The number of aliphatic carboxylic acids is 1. The number of carbonyl (C=O) groups is 2. The van der Waals surface area contributed by atoms with Crippen molar-refractivity contribution in [2.24, 2.45) is 0 Å². The molecule has 0 aliphatic carbocycles. The Hall–Kier alpha value is -3.17. The molecule has 0 bridgehead atoms. The molecule has 0 saturated heterocycles. The van der Waals surface area contributed by atoms with Gasteiger partial charge >= 0.3 is 12.1 Å². The number of carboxylic acids is 1. The van der Waals surface area contributed by atoms with Crippen LogP contribution in [-0.2, 0) is 22.6 Å². The normalized spacial score (nSPS) is 11.7. The van der Waals surface area contributed by atoms with E-state index >= 15 is 0 Å². The molecule has 0 aromatic heterocycles. The van der Waals surface area contributed by atoms with E-state index in [1.165, 1.54) is 0 Å². The van der Waals surface area contributed by atoms with Gasteiger partial charge in [-0.2, -0.15) is 0 Å². The fourth-order valence-corrected chi connectivity index (χ4v) is 2.14. The van der Waals surface area contributed by atoms with Crippen LogP contribution in [0.25, 0.3) is 0 Å². The third kappa shape index (κ3) is 4.72. The lowest BCUT2D eigenvalue weighted by Gasteiger charge is -2.16. The van der Waals surface area contributed by atoms with E-state index in [0.29, 0.717) is 5.56 Å². The first kappa shape index (κ1) is 20.1. The zero-order valence-corrected chi connectivity index (χ0v) is 13.4. The Morgan fingerprint density at radius 1 is 0.926 bits per heavy atom. The molecule has 5 nitrogen and oxygen atoms in total. The summed E-state index contributed by atoms with van der Waals surface area (Å²) in [7, 11) is 0. The van der Waals surface area contributed by atoms with Crippen molar-refractivity contribution in [3.63, 3.8) is 0 Å². The average molecular weight is 389 g/mol. The minimum Gasteiger partial charge on any atom is -0.480 e. The first-order valence-corrected chi connectivity index (χ1v) is 7.42. The van der Waals surface area contributed by atoms with Crippen LogP contribution in [0.2, 0.25) is 0 Å². The molecule has 0 unspecified atom stereocenters. The second kappa shape index (κ2) is 8.47. The molecule has 0 aliphatic rings. The highest BCUT2D eigenvalue weighted by Gasteiger charge is 2.30. The number of alkyl carbamates (subject to hydrolysis) is 1. The van der Waals surface area contributed by atoms with Gasteiger partial charge in [-0.1, -0.05) is 30.3 Å². The zero-order valence-electron chi connectivity index (χ0n) is 13.4. The van der Waals surface area contributed by atoms with Crippen LogP contribution in [0.3, 0.4) is 0 Å². The zero-order chi connectivity index (χ0) is 20.1. The molecular weight excluding hydrogens is 377 g/mol. The maximum absolute atomic E-state index is 13.7. The number of halogens is 5. The van der Waals surface area contributed by atoms with Crippen LogP contribution in [0.15, 0.2) is 30.3 Å². The molecule has 0 aliphatic heterocycles. The van der Waals surface area contributed by atoms with Crippen LogP contribution in [0.4, 0.5) is 26.7 Å². The van der Waals surface area contributed by atoms with Gasteiger partial charge in [-0.25, -0.2) is 31.5 Å². The lowest BCUT2D eigenvalue weighted by molar-refractivity contribution is -0.139. The predicted octanol–water partition coefficient (Wildman–Crippen LogP) is 3.30. The molecule has 2 aromatic carbocycles. The number of benzene rings is 2. The number of ether oxygens (including phenoxy) is 1. The van der Waals surface area contributed by atoms with Crippen LogP contribution >= 0.6 is 0 Å². The molecule has 2 N–H and O–H groups in total. The Labute approximate surface area is 149 Å². The Morgan fingerprint density at radius 3 is 1.96 bits per heavy atom. The molecule has 0 fully saturated rings. The van der Waals surface area contributed by atoms with E-state index in [0.717, 1.165) is 0 Å². The van der Waals surface area contributed by atoms with E-state index in [9.17, 15) is 31.5 Å². The second-order valence-electron chi connectivity index (χ2n) is 5.35. The molecule has 0 spiro atoms. The molecule has 0 heterocycles. The first-order valence-electron chi connectivity index (χ1n) is 7.42. The molecular formula is C17H12F5NO4. The topological polar surface area (TPSA) is 75.6 Å². The average Bonchev–Trinajstić information content (AvgIpc) is 2.66. The summed E-state index contributed by atoms with van der Waals surface area (Å²) in [6, 6.07) is 6.31. The summed E-state index contributed by atoms with van der Waals surface area (Å²) in [6.45, 7) is -0.221. The van der Waals surface area contributed by atoms with Gasteiger partial charge in [0.15, 0.2) is 23.3 Å². The monoisotopic (exact) mass is 389 g/mol. The van der Waals surface area contributed by atoms with Crippen molar-refractivity contribution in [2.45, 2.75) is 19.1 Å². The van der Waals surface area contributed by atoms with Gasteiger partial charge in [0.1, 0.15) is 12.6 Å². The van der Waals surface area contributed by atoms with E-state index in [1.807, 2.05) is 5.32 Å².